The highest BCUT2D eigenvalue weighted by atomic mass is 16.5. The van der Waals surface area contributed by atoms with Crippen molar-refractivity contribution >= 4 is 22.7 Å². The van der Waals surface area contributed by atoms with Crippen LogP contribution in [0.3, 0.4) is 0 Å². The molecule has 4 N–H and O–H groups in total. The van der Waals surface area contributed by atoms with Crippen LogP contribution in [0.5, 0.6) is 11.5 Å². The van der Waals surface area contributed by atoms with Crippen molar-refractivity contribution in [2.24, 2.45) is 0 Å². The number of nitrogens with one attached hydrogen (secondary N) is 1. The Labute approximate surface area is 171 Å². The number of anilines is 1. The molecule has 0 aliphatic carbocycles. The summed E-state index contributed by atoms with van der Waals surface area (Å²) in [6, 6.07) is 15.8. The van der Waals surface area contributed by atoms with E-state index in [-0.39, 0.29) is 5.56 Å². The molecule has 0 aliphatic heterocycles. The summed E-state index contributed by atoms with van der Waals surface area (Å²) in [4.78, 5) is 16.1. The normalized spacial score (nSPS) is 10.8. The number of nitrogens with two attached hydrogens (primary N) is 1. The topological polar surface area (TPSA) is 120 Å². The molecule has 8 nitrogen and oxygen atoms in total. The minimum absolute atomic E-state index is 0.265. The minimum Gasteiger partial charge on any atom is -0.496 e. The van der Waals surface area contributed by atoms with Crippen LogP contribution in [0.4, 0.5) is 5.69 Å². The number of para-hydroxylation sites is 1. The van der Waals surface area contributed by atoms with Gasteiger partial charge in [0.05, 0.1) is 25.5 Å². The molecule has 8 heteroatoms. The highest BCUT2D eigenvalue weighted by molar-refractivity contribution is 5.96. The molecule has 0 bridgehead atoms. The van der Waals surface area contributed by atoms with Crippen LogP contribution >= 0.6 is 0 Å². The number of rotatable bonds is 5. The van der Waals surface area contributed by atoms with Gasteiger partial charge in [-0.15, -0.1) is 0 Å². The van der Waals surface area contributed by atoms with E-state index in [1.165, 1.54) is 12.1 Å². The summed E-state index contributed by atoms with van der Waals surface area (Å²) in [6.45, 7) is 0. The fourth-order valence-corrected chi connectivity index (χ4v) is 3.26. The molecule has 0 radical (unpaired) electrons. The SMILES string of the molecule is COc1cc(-c2cccc(OC)c2N)ccc1-c1nc2cc(C(=O)NO)ccc2o1. The molecular formula is C22H19N3O5. The molecule has 0 fully saturated rings. The summed E-state index contributed by atoms with van der Waals surface area (Å²) in [5, 5.41) is 8.81. The van der Waals surface area contributed by atoms with Crippen LogP contribution in [0.1, 0.15) is 10.4 Å². The summed E-state index contributed by atoms with van der Waals surface area (Å²) >= 11 is 0. The van der Waals surface area contributed by atoms with Crippen LogP contribution in [0, 0.1) is 0 Å². The van der Waals surface area contributed by atoms with Crippen molar-refractivity contribution in [3.8, 4) is 34.1 Å². The Morgan fingerprint density at radius 3 is 2.57 bits per heavy atom. The summed E-state index contributed by atoms with van der Waals surface area (Å²) in [6.07, 6.45) is 0. The van der Waals surface area contributed by atoms with Gasteiger partial charge >= 0.3 is 0 Å². The van der Waals surface area contributed by atoms with Gasteiger partial charge in [0.2, 0.25) is 5.89 Å². The van der Waals surface area contributed by atoms with Gasteiger partial charge in [-0.25, -0.2) is 10.5 Å². The van der Waals surface area contributed by atoms with Gasteiger partial charge in [-0.2, -0.15) is 0 Å². The first-order valence-electron chi connectivity index (χ1n) is 9.02. The fraction of sp³-hybridized carbons (Fsp3) is 0.0909. The Balaban J connectivity index is 1.78. The minimum atomic E-state index is -0.626. The number of hydrogen-bond donors (Lipinski definition) is 3. The van der Waals surface area contributed by atoms with Crippen molar-refractivity contribution in [1.29, 1.82) is 0 Å². The average molecular weight is 405 g/mol. The van der Waals surface area contributed by atoms with Gasteiger partial charge in [-0.1, -0.05) is 18.2 Å². The summed E-state index contributed by atoms with van der Waals surface area (Å²) in [5.74, 6) is 0.861. The van der Waals surface area contributed by atoms with Crippen molar-refractivity contribution in [2.45, 2.75) is 0 Å². The van der Waals surface area contributed by atoms with Crippen molar-refractivity contribution in [3.05, 3.63) is 60.2 Å². The fourth-order valence-electron chi connectivity index (χ4n) is 3.26. The Morgan fingerprint density at radius 2 is 1.83 bits per heavy atom. The van der Waals surface area contributed by atoms with Crippen molar-refractivity contribution in [1.82, 2.24) is 10.5 Å². The zero-order valence-corrected chi connectivity index (χ0v) is 16.3. The van der Waals surface area contributed by atoms with E-state index < -0.39 is 5.91 Å². The van der Waals surface area contributed by atoms with Crippen molar-refractivity contribution in [3.63, 3.8) is 0 Å². The van der Waals surface area contributed by atoms with Crippen LogP contribution in [-0.2, 0) is 0 Å². The predicted molar refractivity (Wildman–Crippen MR) is 112 cm³/mol. The van der Waals surface area contributed by atoms with Crippen LogP contribution in [0.25, 0.3) is 33.7 Å². The van der Waals surface area contributed by atoms with E-state index in [1.54, 1.807) is 31.8 Å². The molecule has 4 aromatic rings. The molecule has 0 spiro atoms. The first-order valence-corrected chi connectivity index (χ1v) is 9.02. The van der Waals surface area contributed by atoms with Crippen LogP contribution in [0.2, 0.25) is 0 Å². The molecule has 1 heterocycles. The maximum atomic E-state index is 11.6. The van der Waals surface area contributed by atoms with E-state index in [9.17, 15) is 4.79 Å². The van der Waals surface area contributed by atoms with Gasteiger partial charge in [-0.3, -0.25) is 10.0 Å². The quantitative estimate of drug-likeness (QED) is 0.262. The summed E-state index contributed by atoms with van der Waals surface area (Å²) in [5.41, 5.74) is 11.9. The van der Waals surface area contributed by atoms with E-state index >= 15 is 0 Å². The van der Waals surface area contributed by atoms with E-state index in [4.69, 9.17) is 24.8 Å². The number of nitrogen functional groups attached to an aromatic ring is 1. The number of nitrogens with zero attached hydrogens (tertiary/aromatic N) is 1. The Morgan fingerprint density at radius 1 is 1.03 bits per heavy atom. The molecule has 1 amide bonds. The van der Waals surface area contributed by atoms with Crippen molar-refractivity contribution in [2.75, 3.05) is 20.0 Å². The molecule has 0 saturated carbocycles. The lowest BCUT2D eigenvalue weighted by atomic mass is 10.0. The lowest BCUT2D eigenvalue weighted by Crippen LogP contribution is -2.18. The second kappa shape index (κ2) is 7.76. The molecule has 3 aromatic carbocycles. The monoisotopic (exact) mass is 405 g/mol. The first kappa shape index (κ1) is 19.3. The van der Waals surface area contributed by atoms with E-state index in [0.717, 1.165) is 11.1 Å². The number of ether oxygens (including phenoxy) is 2. The maximum Gasteiger partial charge on any atom is 0.274 e. The average Bonchev–Trinajstić information content (AvgIpc) is 3.21. The summed E-state index contributed by atoms with van der Waals surface area (Å²) < 4.78 is 16.7. The maximum absolute atomic E-state index is 11.6. The molecule has 0 aliphatic rings. The molecule has 4 rings (SSSR count). The molecule has 30 heavy (non-hydrogen) atoms. The second-order valence-electron chi connectivity index (χ2n) is 6.48. The number of oxazole rings is 1. The van der Waals surface area contributed by atoms with Crippen LogP contribution in [0.15, 0.2) is 59.0 Å². The summed E-state index contributed by atoms with van der Waals surface area (Å²) in [7, 11) is 3.13. The van der Waals surface area contributed by atoms with Crippen molar-refractivity contribution < 1.29 is 23.9 Å². The van der Waals surface area contributed by atoms with Gasteiger partial charge in [0.25, 0.3) is 5.91 Å². The first-order chi connectivity index (χ1) is 14.5. The number of hydroxylamine groups is 1. The number of aromatic nitrogens is 1. The largest absolute Gasteiger partial charge is 0.496 e. The highest BCUT2D eigenvalue weighted by Crippen LogP contribution is 2.38. The second-order valence-corrected chi connectivity index (χ2v) is 6.48. The lowest BCUT2D eigenvalue weighted by molar-refractivity contribution is 0.0706. The Hall–Kier alpha value is -4.04. The van der Waals surface area contributed by atoms with Gasteiger partial charge in [0.15, 0.2) is 5.58 Å². The molecule has 1 aromatic heterocycles. The zero-order chi connectivity index (χ0) is 21.3. The number of carbonyl (C=O) groups excluding carboxylic acids is 1. The third-order valence-electron chi connectivity index (χ3n) is 4.78. The molecule has 0 atom stereocenters. The number of fused-ring (bicyclic) bond motifs is 1. The number of benzene rings is 3. The van der Waals surface area contributed by atoms with Gasteiger partial charge in [0.1, 0.15) is 17.0 Å². The van der Waals surface area contributed by atoms with Gasteiger partial charge in [0, 0.05) is 11.1 Å². The third-order valence-corrected chi connectivity index (χ3v) is 4.78. The van der Waals surface area contributed by atoms with Crippen LogP contribution in [-0.4, -0.2) is 30.3 Å². The molecule has 152 valence electrons. The Kier molecular flexibility index (Phi) is 4.99. The van der Waals surface area contributed by atoms with E-state index in [2.05, 4.69) is 4.98 Å². The standard InChI is InChI=1S/C22H19N3O5/c1-28-18-5-3-4-14(20(18)23)12-6-8-15(19(11-12)29-2)22-24-16-10-13(21(26)25-27)7-9-17(16)30-22/h3-11,27H,23H2,1-2H3,(H,25,26). The van der Waals surface area contributed by atoms with E-state index in [0.29, 0.717) is 39.7 Å². The highest BCUT2D eigenvalue weighted by Gasteiger charge is 2.17. The molecule has 0 unspecified atom stereocenters. The third kappa shape index (κ3) is 3.29. The number of carbonyl (C=O) groups is 1. The number of amides is 1. The zero-order valence-electron chi connectivity index (χ0n) is 16.3. The van der Waals surface area contributed by atoms with Gasteiger partial charge < -0.3 is 19.6 Å². The lowest BCUT2D eigenvalue weighted by Gasteiger charge is -2.12. The number of methoxy groups -OCH3 is 2. The van der Waals surface area contributed by atoms with Gasteiger partial charge in [-0.05, 0) is 42.0 Å². The van der Waals surface area contributed by atoms with E-state index in [1.807, 2.05) is 30.3 Å². The van der Waals surface area contributed by atoms with Crippen LogP contribution < -0.4 is 20.7 Å². The predicted octanol–water partition coefficient (Wildman–Crippen LogP) is 3.88. The number of hydrogen-bond acceptors (Lipinski definition) is 7. The smallest absolute Gasteiger partial charge is 0.274 e. The molecule has 0 saturated heterocycles. The molecular weight excluding hydrogens is 386 g/mol. The Bertz CT molecular complexity index is 1250.